The Balaban J connectivity index is 1.45. The zero-order chi connectivity index (χ0) is 26.0. The third-order valence-electron chi connectivity index (χ3n) is 5.47. The van der Waals surface area contributed by atoms with Gasteiger partial charge in [-0.15, -0.1) is 10.2 Å². The molecule has 0 bridgehead atoms. The van der Waals surface area contributed by atoms with Crippen LogP contribution in [0, 0.1) is 0 Å². The van der Waals surface area contributed by atoms with Crippen molar-refractivity contribution in [3.8, 4) is 0 Å². The molecule has 0 fully saturated rings. The molecule has 4 rings (SSSR count). The Morgan fingerprint density at radius 2 is 1.78 bits per heavy atom. The summed E-state index contributed by atoms with van der Waals surface area (Å²) in [5.41, 5.74) is 2.77. The highest BCUT2D eigenvalue weighted by molar-refractivity contribution is 7.99. The van der Waals surface area contributed by atoms with Crippen molar-refractivity contribution < 1.29 is 14.3 Å². The van der Waals surface area contributed by atoms with Crippen LogP contribution in [-0.4, -0.2) is 39.5 Å². The lowest BCUT2D eigenvalue weighted by Gasteiger charge is -2.12. The molecule has 37 heavy (non-hydrogen) atoms. The van der Waals surface area contributed by atoms with Gasteiger partial charge in [-0.05, 0) is 42.3 Å². The van der Waals surface area contributed by atoms with Crippen molar-refractivity contribution in [1.82, 2.24) is 14.8 Å². The number of rotatable bonds is 11. The minimum Gasteiger partial charge on any atom is -0.465 e. The molecule has 0 aliphatic rings. The monoisotopic (exact) mass is 535 g/mol. The molecule has 0 spiro atoms. The van der Waals surface area contributed by atoms with Crippen molar-refractivity contribution >= 4 is 46.6 Å². The lowest BCUT2D eigenvalue weighted by atomic mass is 10.1. The van der Waals surface area contributed by atoms with E-state index in [1.54, 1.807) is 24.3 Å². The first-order valence-electron chi connectivity index (χ1n) is 11.6. The quantitative estimate of drug-likeness (QED) is 0.198. The molecule has 0 unspecified atom stereocenters. The van der Waals surface area contributed by atoms with Crippen LogP contribution in [0.5, 0.6) is 0 Å². The lowest BCUT2D eigenvalue weighted by molar-refractivity contribution is -0.113. The molecule has 10 heteroatoms. The summed E-state index contributed by atoms with van der Waals surface area (Å²) >= 11 is 7.39. The largest absolute Gasteiger partial charge is 0.465 e. The average Bonchev–Trinajstić information content (AvgIpc) is 3.31. The molecule has 190 valence electrons. The Morgan fingerprint density at radius 3 is 2.57 bits per heavy atom. The number of amides is 1. The van der Waals surface area contributed by atoms with Crippen LogP contribution < -0.4 is 10.6 Å². The Labute approximate surface area is 224 Å². The fraction of sp³-hybridized carbons (Fsp3) is 0.185. The topological polar surface area (TPSA) is 98.1 Å². The Morgan fingerprint density at radius 1 is 1.00 bits per heavy atom. The first kappa shape index (κ1) is 26.2. The number of anilines is 2. The van der Waals surface area contributed by atoms with E-state index in [4.69, 9.17) is 16.3 Å². The third kappa shape index (κ3) is 7.34. The van der Waals surface area contributed by atoms with Gasteiger partial charge in [0.05, 0.1) is 30.7 Å². The van der Waals surface area contributed by atoms with Gasteiger partial charge in [-0.25, -0.2) is 4.79 Å². The maximum Gasteiger partial charge on any atom is 0.339 e. The number of esters is 1. The number of ether oxygens (including phenoxy) is 1. The zero-order valence-corrected chi connectivity index (χ0v) is 21.8. The van der Waals surface area contributed by atoms with E-state index in [9.17, 15) is 9.59 Å². The number of nitrogens with zero attached hydrogens (tertiary/aromatic N) is 3. The highest BCUT2D eigenvalue weighted by Gasteiger charge is 2.17. The van der Waals surface area contributed by atoms with Gasteiger partial charge in [0, 0.05) is 17.3 Å². The van der Waals surface area contributed by atoms with E-state index in [-0.39, 0.29) is 11.7 Å². The van der Waals surface area contributed by atoms with Gasteiger partial charge in [0.15, 0.2) is 11.0 Å². The van der Waals surface area contributed by atoms with Crippen molar-refractivity contribution in [2.75, 3.05) is 23.5 Å². The summed E-state index contributed by atoms with van der Waals surface area (Å²) in [6.45, 7) is 1.10. The summed E-state index contributed by atoms with van der Waals surface area (Å²) in [5.74, 6) is 0.0641. The molecule has 1 heterocycles. The Hall–Kier alpha value is -3.82. The maximum atomic E-state index is 12.7. The van der Waals surface area contributed by atoms with Gasteiger partial charge < -0.3 is 19.9 Å². The number of aromatic nitrogens is 3. The second kappa shape index (κ2) is 12.9. The molecule has 3 aromatic carbocycles. The van der Waals surface area contributed by atoms with Gasteiger partial charge in [-0.2, -0.15) is 0 Å². The van der Waals surface area contributed by atoms with E-state index in [2.05, 4.69) is 33.0 Å². The Kier molecular flexibility index (Phi) is 9.18. The van der Waals surface area contributed by atoms with Gasteiger partial charge in [-0.3, -0.25) is 4.79 Å². The first-order chi connectivity index (χ1) is 18.0. The van der Waals surface area contributed by atoms with Crippen LogP contribution in [0.1, 0.15) is 21.7 Å². The standard InChI is InChI=1S/C27H26ClN5O3S/c1-36-26(35)22-12-5-6-13-23(22)30-25(34)18-37-27-32-31-24(17-29-21-11-7-10-20(28)16-21)33(27)15-14-19-8-3-2-4-9-19/h2-13,16,29H,14-15,17-18H2,1H3,(H,30,34). The molecule has 8 nitrogen and oxygen atoms in total. The number of para-hydroxylation sites is 1. The van der Waals surface area contributed by atoms with E-state index < -0.39 is 5.97 Å². The molecule has 4 aromatic rings. The number of methoxy groups -OCH3 is 1. The van der Waals surface area contributed by atoms with Crippen LogP contribution in [0.15, 0.2) is 84.0 Å². The smallest absolute Gasteiger partial charge is 0.339 e. The minimum atomic E-state index is -0.513. The van der Waals surface area contributed by atoms with E-state index >= 15 is 0 Å². The molecular formula is C27H26ClN5O3S. The molecular weight excluding hydrogens is 510 g/mol. The number of carbonyl (C=O) groups excluding carboxylic acids is 2. The van der Waals surface area contributed by atoms with Crippen molar-refractivity contribution in [1.29, 1.82) is 0 Å². The highest BCUT2D eigenvalue weighted by Crippen LogP contribution is 2.22. The summed E-state index contributed by atoms with van der Waals surface area (Å²) in [5, 5.41) is 16.1. The fourth-order valence-corrected chi connectivity index (χ4v) is 4.62. The molecule has 0 radical (unpaired) electrons. The molecule has 0 atom stereocenters. The van der Waals surface area contributed by atoms with Crippen molar-refractivity contribution in [3.63, 3.8) is 0 Å². The summed E-state index contributed by atoms with van der Waals surface area (Å²) in [6, 6.07) is 24.4. The van der Waals surface area contributed by atoms with Crippen LogP contribution in [0.4, 0.5) is 11.4 Å². The van der Waals surface area contributed by atoms with Crippen molar-refractivity contribution in [3.05, 3.63) is 101 Å². The second-order valence-electron chi connectivity index (χ2n) is 8.02. The van der Waals surface area contributed by atoms with E-state index in [0.717, 1.165) is 17.9 Å². The van der Waals surface area contributed by atoms with Crippen LogP contribution >= 0.6 is 23.4 Å². The van der Waals surface area contributed by atoms with Crippen LogP contribution in [0.2, 0.25) is 5.02 Å². The molecule has 0 aliphatic carbocycles. The predicted octanol–water partition coefficient (Wildman–Crippen LogP) is 5.30. The fourth-order valence-electron chi connectivity index (χ4n) is 3.64. The average molecular weight is 536 g/mol. The van der Waals surface area contributed by atoms with Crippen LogP contribution in [-0.2, 0) is 29.0 Å². The van der Waals surface area contributed by atoms with E-state index in [1.165, 1.54) is 24.4 Å². The van der Waals surface area contributed by atoms with Crippen molar-refractivity contribution in [2.45, 2.75) is 24.7 Å². The zero-order valence-electron chi connectivity index (χ0n) is 20.2. The summed E-state index contributed by atoms with van der Waals surface area (Å²) in [6.07, 6.45) is 0.787. The van der Waals surface area contributed by atoms with Gasteiger partial charge >= 0.3 is 5.97 Å². The van der Waals surface area contributed by atoms with Gasteiger partial charge in [0.1, 0.15) is 0 Å². The summed E-state index contributed by atoms with van der Waals surface area (Å²) < 4.78 is 6.82. The Bertz CT molecular complexity index is 1360. The highest BCUT2D eigenvalue weighted by atomic mass is 35.5. The third-order valence-corrected chi connectivity index (χ3v) is 6.68. The van der Waals surface area contributed by atoms with E-state index in [1.807, 2.05) is 47.0 Å². The molecule has 2 N–H and O–H groups in total. The number of benzene rings is 3. The number of carbonyl (C=O) groups is 2. The van der Waals surface area contributed by atoms with Gasteiger partial charge in [0.25, 0.3) is 0 Å². The molecule has 0 aliphatic heterocycles. The predicted molar refractivity (Wildman–Crippen MR) is 146 cm³/mol. The van der Waals surface area contributed by atoms with Gasteiger partial charge in [-0.1, -0.05) is 71.9 Å². The number of hydrogen-bond donors (Lipinski definition) is 2. The number of thioether (sulfide) groups is 1. The van der Waals surface area contributed by atoms with Gasteiger partial charge in [0.2, 0.25) is 5.91 Å². The molecule has 0 saturated heterocycles. The number of halogens is 1. The molecule has 1 amide bonds. The molecule has 1 aromatic heterocycles. The van der Waals surface area contributed by atoms with Crippen LogP contribution in [0.25, 0.3) is 0 Å². The molecule has 0 saturated carbocycles. The van der Waals surface area contributed by atoms with E-state index in [0.29, 0.717) is 34.5 Å². The number of nitrogens with one attached hydrogen (secondary N) is 2. The second-order valence-corrected chi connectivity index (χ2v) is 9.40. The first-order valence-corrected chi connectivity index (χ1v) is 13.0. The summed E-state index contributed by atoms with van der Waals surface area (Å²) in [4.78, 5) is 24.7. The summed E-state index contributed by atoms with van der Waals surface area (Å²) in [7, 11) is 1.30. The number of hydrogen-bond acceptors (Lipinski definition) is 7. The van der Waals surface area contributed by atoms with Crippen LogP contribution in [0.3, 0.4) is 0 Å². The van der Waals surface area contributed by atoms with Crippen molar-refractivity contribution in [2.24, 2.45) is 0 Å². The number of aryl methyl sites for hydroxylation is 1. The lowest BCUT2D eigenvalue weighted by Crippen LogP contribution is -2.18. The SMILES string of the molecule is COC(=O)c1ccccc1NC(=O)CSc1nnc(CNc2cccc(Cl)c2)n1CCc1ccccc1. The maximum absolute atomic E-state index is 12.7. The minimum absolute atomic E-state index is 0.0979. The normalized spacial score (nSPS) is 10.6.